The minimum atomic E-state index is -0.686. The molecule has 0 saturated carbocycles. The molecule has 1 heterocycles. The Bertz CT molecular complexity index is 865. The zero-order valence-electron chi connectivity index (χ0n) is 16.1. The smallest absolute Gasteiger partial charge is 0.308 e. The molecule has 1 fully saturated rings. The highest BCUT2D eigenvalue weighted by molar-refractivity contribution is 6.06. The molecule has 2 atom stereocenters. The number of Topliss-reactive ketones (excluding diaryl/α,β-unsaturated/α-hetero) is 1. The van der Waals surface area contributed by atoms with Crippen LogP contribution < -0.4 is 5.32 Å². The van der Waals surface area contributed by atoms with Crippen molar-refractivity contribution in [2.45, 2.75) is 26.2 Å². The van der Waals surface area contributed by atoms with E-state index in [1.165, 1.54) is 6.92 Å². The maximum atomic E-state index is 12.3. The van der Waals surface area contributed by atoms with Gasteiger partial charge < -0.3 is 10.1 Å². The molecule has 1 saturated heterocycles. The molecule has 1 aliphatic carbocycles. The molecule has 0 aromatic heterocycles. The van der Waals surface area contributed by atoms with Gasteiger partial charge >= 0.3 is 5.97 Å². The minimum Gasteiger partial charge on any atom is -0.456 e. The van der Waals surface area contributed by atoms with Crippen molar-refractivity contribution in [3.63, 3.8) is 0 Å². The van der Waals surface area contributed by atoms with Crippen molar-refractivity contribution in [1.29, 1.82) is 0 Å². The van der Waals surface area contributed by atoms with Crippen molar-refractivity contribution in [2.24, 2.45) is 11.8 Å². The number of amides is 3. The number of allylic oxidation sites excluding steroid dienone is 2. The summed E-state index contributed by atoms with van der Waals surface area (Å²) in [5.74, 6) is -2.66. The van der Waals surface area contributed by atoms with Gasteiger partial charge in [0.1, 0.15) is 0 Å². The van der Waals surface area contributed by atoms with Gasteiger partial charge in [0.15, 0.2) is 12.4 Å². The number of imide groups is 1. The Labute approximate surface area is 167 Å². The quantitative estimate of drug-likeness (QED) is 0.324. The third-order valence-corrected chi connectivity index (χ3v) is 5.08. The second-order valence-corrected chi connectivity index (χ2v) is 7.04. The van der Waals surface area contributed by atoms with E-state index in [0.717, 1.165) is 4.90 Å². The molecule has 0 unspecified atom stereocenters. The summed E-state index contributed by atoms with van der Waals surface area (Å²) in [6.07, 6.45) is 4.69. The first-order valence-corrected chi connectivity index (χ1v) is 9.44. The van der Waals surface area contributed by atoms with Crippen molar-refractivity contribution < 1.29 is 28.7 Å². The predicted octanol–water partition coefficient (Wildman–Crippen LogP) is 1.71. The molecule has 0 spiro atoms. The first-order chi connectivity index (χ1) is 13.9. The maximum Gasteiger partial charge on any atom is 0.308 e. The minimum absolute atomic E-state index is 0.0573. The van der Waals surface area contributed by atoms with E-state index >= 15 is 0 Å². The molecule has 152 valence electrons. The van der Waals surface area contributed by atoms with Crippen LogP contribution >= 0.6 is 0 Å². The zero-order chi connectivity index (χ0) is 21.0. The van der Waals surface area contributed by atoms with E-state index < -0.39 is 18.5 Å². The Kier molecular flexibility index (Phi) is 6.21. The van der Waals surface area contributed by atoms with E-state index in [4.69, 9.17) is 4.74 Å². The number of benzene rings is 1. The fourth-order valence-electron chi connectivity index (χ4n) is 3.60. The highest BCUT2D eigenvalue weighted by Crippen LogP contribution is 2.35. The molecular formula is C21H22N2O6. The molecule has 1 aliphatic heterocycles. The lowest BCUT2D eigenvalue weighted by molar-refractivity contribution is -0.148. The second kappa shape index (κ2) is 8.81. The van der Waals surface area contributed by atoms with Gasteiger partial charge in [0.25, 0.3) is 5.91 Å². The van der Waals surface area contributed by atoms with E-state index in [-0.39, 0.29) is 42.4 Å². The SMILES string of the molecule is CC(=O)c1ccccc1NC(=O)COC(=O)CCN1C(=O)[C@@H]2CC=CC[C@H]2C1=O. The summed E-state index contributed by atoms with van der Waals surface area (Å²) in [4.78, 5) is 61.3. The normalized spacial score (nSPS) is 20.4. The Morgan fingerprint density at radius 2 is 1.69 bits per heavy atom. The monoisotopic (exact) mass is 398 g/mol. The van der Waals surface area contributed by atoms with Gasteiger partial charge in [-0.1, -0.05) is 24.3 Å². The molecule has 0 bridgehead atoms. The topological polar surface area (TPSA) is 110 Å². The van der Waals surface area contributed by atoms with Crippen LogP contribution in [0, 0.1) is 11.8 Å². The Balaban J connectivity index is 1.46. The number of ether oxygens (including phenoxy) is 1. The highest BCUT2D eigenvalue weighted by atomic mass is 16.5. The summed E-state index contributed by atoms with van der Waals surface area (Å²) in [6.45, 7) is 0.804. The van der Waals surface area contributed by atoms with Crippen molar-refractivity contribution >= 4 is 35.2 Å². The third-order valence-electron chi connectivity index (χ3n) is 5.08. The standard InChI is InChI=1S/C21H22N2O6/c1-13(24)14-6-4-5-9-17(14)22-18(25)12-29-19(26)10-11-23-20(27)15-7-2-3-8-16(15)21(23)28/h2-6,9,15-16H,7-8,10-12H2,1H3,(H,22,25)/t15-,16-/m1/s1. The van der Waals surface area contributed by atoms with Gasteiger partial charge in [0.05, 0.1) is 23.9 Å². The average Bonchev–Trinajstić information content (AvgIpc) is 2.95. The van der Waals surface area contributed by atoms with Crippen LogP contribution in [-0.2, 0) is 23.9 Å². The van der Waals surface area contributed by atoms with Crippen LogP contribution in [-0.4, -0.2) is 47.5 Å². The number of carbonyl (C=O) groups is 5. The number of hydrogen-bond acceptors (Lipinski definition) is 6. The summed E-state index contributed by atoms with van der Waals surface area (Å²) >= 11 is 0. The number of ketones is 1. The van der Waals surface area contributed by atoms with Gasteiger partial charge in [-0.25, -0.2) is 0 Å². The first kappa shape index (κ1) is 20.4. The zero-order valence-corrected chi connectivity index (χ0v) is 16.1. The van der Waals surface area contributed by atoms with Gasteiger partial charge in [-0.3, -0.25) is 28.9 Å². The molecule has 1 aromatic rings. The molecule has 3 rings (SSSR count). The molecule has 8 nitrogen and oxygen atoms in total. The summed E-state index contributed by atoms with van der Waals surface area (Å²) in [5, 5.41) is 2.53. The van der Waals surface area contributed by atoms with Crippen LogP contribution in [0.1, 0.15) is 36.5 Å². The van der Waals surface area contributed by atoms with Crippen molar-refractivity contribution in [1.82, 2.24) is 4.90 Å². The van der Waals surface area contributed by atoms with Gasteiger partial charge in [-0.2, -0.15) is 0 Å². The number of fused-ring (bicyclic) bond motifs is 1. The van der Waals surface area contributed by atoms with E-state index in [1.54, 1.807) is 24.3 Å². The lowest BCUT2D eigenvalue weighted by Crippen LogP contribution is -2.33. The van der Waals surface area contributed by atoms with Gasteiger partial charge in [-0.15, -0.1) is 0 Å². The molecule has 29 heavy (non-hydrogen) atoms. The fourth-order valence-corrected chi connectivity index (χ4v) is 3.60. The molecule has 2 aliphatic rings. The molecule has 1 aromatic carbocycles. The number of likely N-dealkylation sites (tertiary alicyclic amines) is 1. The lowest BCUT2D eigenvalue weighted by atomic mass is 9.85. The number of para-hydroxylation sites is 1. The van der Waals surface area contributed by atoms with Crippen LogP contribution in [0.5, 0.6) is 0 Å². The van der Waals surface area contributed by atoms with Crippen LogP contribution in [0.3, 0.4) is 0 Å². The summed E-state index contributed by atoms with van der Waals surface area (Å²) in [5.41, 5.74) is 0.694. The lowest BCUT2D eigenvalue weighted by Gasteiger charge is -2.14. The number of hydrogen-bond donors (Lipinski definition) is 1. The number of anilines is 1. The van der Waals surface area contributed by atoms with Crippen LogP contribution in [0.4, 0.5) is 5.69 Å². The highest BCUT2D eigenvalue weighted by Gasteiger charge is 2.46. The fraction of sp³-hybridized carbons (Fsp3) is 0.381. The van der Waals surface area contributed by atoms with Crippen LogP contribution in [0.25, 0.3) is 0 Å². The number of carbonyl (C=O) groups excluding carboxylic acids is 5. The number of nitrogens with one attached hydrogen (secondary N) is 1. The van der Waals surface area contributed by atoms with Crippen molar-refractivity contribution in [3.05, 3.63) is 42.0 Å². The third kappa shape index (κ3) is 4.59. The second-order valence-electron chi connectivity index (χ2n) is 7.04. The average molecular weight is 398 g/mol. The Morgan fingerprint density at radius 1 is 1.07 bits per heavy atom. The maximum absolute atomic E-state index is 12.3. The Morgan fingerprint density at radius 3 is 2.31 bits per heavy atom. The molecule has 0 radical (unpaired) electrons. The first-order valence-electron chi connectivity index (χ1n) is 9.44. The van der Waals surface area contributed by atoms with E-state index in [0.29, 0.717) is 24.1 Å². The van der Waals surface area contributed by atoms with Crippen molar-refractivity contribution in [2.75, 3.05) is 18.5 Å². The van der Waals surface area contributed by atoms with E-state index in [2.05, 4.69) is 5.32 Å². The predicted molar refractivity (Wildman–Crippen MR) is 103 cm³/mol. The summed E-state index contributed by atoms with van der Waals surface area (Å²) < 4.78 is 4.93. The molecular weight excluding hydrogens is 376 g/mol. The van der Waals surface area contributed by atoms with Crippen LogP contribution in [0.2, 0.25) is 0 Å². The number of rotatable bonds is 7. The van der Waals surface area contributed by atoms with Crippen molar-refractivity contribution in [3.8, 4) is 0 Å². The summed E-state index contributed by atoms with van der Waals surface area (Å²) in [6, 6.07) is 6.52. The van der Waals surface area contributed by atoms with E-state index in [1.807, 2.05) is 12.2 Å². The molecule has 1 N–H and O–H groups in total. The largest absolute Gasteiger partial charge is 0.456 e. The molecule has 8 heteroatoms. The van der Waals surface area contributed by atoms with Crippen LogP contribution in [0.15, 0.2) is 36.4 Å². The summed E-state index contributed by atoms with van der Waals surface area (Å²) in [7, 11) is 0. The van der Waals surface area contributed by atoms with E-state index in [9.17, 15) is 24.0 Å². The van der Waals surface area contributed by atoms with Gasteiger partial charge in [0.2, 0.25) is 11.8 Å². The molecule has 3 amide bonds. The van der Waals surface area contributed by atoms with Gasteiger partial charge in [-0.05, 0) is 31.9 Å². The Hall–Kier alpha value is -3.29. The number of esters is 1. The van der Waals surface area contributed by atoms with Gasteiger partial charge in [0, 0.05) is 12.1 Å². The number of nitrogens with zero attached hydrogens (tertiary/aromatic N) is 1.